The number of rotatable bonds is 4. The standard InChI is InChI=1S/C16H17NO3/c1-11-4-2-3-5-12(11)9-18-14-7-16-15(19-10-20-16)6-13(14)8-17/h2-7H,8-10,17H2,1H3. The molecule has 104 valence electrons. The first-order valence-electron chi connectivity index (χ1n) is 6.58. The summed E-state index contributed by atoms with van der Waals surface area (Å²) in [5.41, 5.74) is 9.06. The van der Waals surface area contributed by atoms with Gasteiger partial charge in [0.05, 0.1) is 0 Å². The lowest BCUT2D eigenvalue weighted by Crippen LogP contribution is -2.03. The van der Waals surface area contributed by atoms with Crippen molar-refractivity contribution in [3.8, 4) is 17.2 Å². The highest BCUT2D eigenvalue weighted by atomic mass is 16.7. The van der Waals surface area contributed by atoms with Gasteiger partial charge in [-0.3, -0.25) is 0 Å². The van der Waals surface area contributed by atoms with Crippen molar-refractivity contribution in [3.05, 3.63) is 53.1 Å². The first-order valence-corrected chi connectivity index (χ1v) is 6.58. The summed E-state index contributed by atoms with van der Waals surface area (Å²) in [6.45, 7) is 3.24. The SMILES string of the molecule is Cc1ccccc1COc1cc2c(cc1CN)OCO2. The molecule has 0 aromatic heterocycles. The van der Waals surface area contributed by atoms with E-state index in [1.807, 2.05) is 24.3 Å². The summed E-state index contributed by atoms with van der Waals surface area (Å²) in [5, 5.41) is 0. The predicted octanol–water partition coefficient (Wildman–Crippen LogP) is 2.76. The van der Waals surface area contributed by atoms with E-state index in [0.717, 1.165) is 22.6 Å². The molecule has 20 heavy (non-hydrogen) atoms. The Labute approximate surface area is 118 Å². The molecule has 2 aromatic carbocycles. The molecule has 0 spiro atoms. The van der Waals surface area contributed by atoms with Crippen molar-refractivity contribution < 1.29 is 14.2 Å². The minimum Gasteiger partial charge on any atom is -0.488 e. The van der Waals surface area contributed by atoms with E-state index in [4.69, 9.17) is 19.9 Å². The van der Waals surface area contributed by atoms with Crippen LogP contribution in [0.2, 0.25) is 0 Å². The van der Waals surface area contributed by atoms with E-state index < -0.39 is 0 Å². The van der Waals surface area contributed by atoms with Gasteiger partial charge in [0.1, 0.15) is 12.4 Å². The summed E-state index contributed by atoms with van der Waals surface area (Å²) < 4.78 is 16.6. The van der Waals surface area contributed by atoms with E-state index in [1.54, 1.807) is 0 Å². The molecule has 2 N–H and O–H groups in total. The van der Waals surface area contributed by atoms with Crippen molar-refractivity contribution in [1.82, 2.24) is 0 Å². The zero-order chi connectivity index (χ0) is 13.9. The van der Waals surface area contributed by atoms with Crippen LogP contribution in [-0.2, 0) is 13.2 Å². The Hall–Kier alpha value is -2.20. The van der Waals surface area contributed by atoms with Crippen LogP contribution in [0.3, 0.4) is 0 Å². The summed E-state index contributed by atoms with van der Waals surface area (Å²) in [6, 6.07) is 11.9. The molecule has 1 heterocycles. The monoisotopic (exact) mass is 271 g/mol. The molecule has 0 amide bonds. The van der Waals surface area contributed by atoms with Gasteiger partial charge in [0, 0.05) is 18.2 Å². The zero-order valence-electron chi connectivity index (χ0n) is 11.4. The number of hydrogen-bond donors (Lipinski definition) is 1. The molecule has 0 aliphatic carbocycles. The van der Waals surface area contributed by atoms with Crippen LogP contribution < -0.4 is 19.9 Å². The van der Waals surface area contributed by atoms with Crippen LogP contribution in [0.25, 0.3) is 0 Å². The number of fused-ring (bicyclic) bond motifs is 1. The maximum Gasteiger partial charge on any atom is 0.231 e. The predicted molar refractivity (Wildman–Crippen MR) is 76.0 cm³/mol. The summed E-state index contributed by atoms with van der Waals surface area (Å²) in [7, 11) is 0. The molecule has 2 aromatic rings. The number of nitrogens with two attached hydrogens (primary N) is 1. The van der Waals surface area contributed by atoms with Gasteiger partial charge in [-0.15, -0.1) is 0 Å². The summed E-state index contributed by atoms with van der Waals surface area (Å²) in [5.74, 6) is 2.19. The molecular weight excluding hydrogens is 254 g/mol. The molecule has 0 radical (unpaired) electrons. The number of aryl methyl sites for hydroxylation is 1. The molecule has 0 saturated heterocycles. The molecule has 0 bridgehead atoms. The normalized spacial score (nSPS) is 12.5. The van der Waals surface area contributed by atoms with Crippen molar-refractivity contribution in [2.24, 2.45) is 5.73 Å². The minimum absolute atomic E-state index is 0.251. The fourth-order valence-electron chi connectivity index (χ4n) is 2.19. The third-order valence-corrected chi connectivity index (χ3v) is 3.42. The molecule has 4 nitrogen and oxygen atoms in total. The molecule has 0 atom stereocenters. The van der Waals surface area contributed by atoms with Crippen LogP contribution in [0.15, 0.2) is 36.4 Å². The molecule has 0 saturated carbocycles. The fraction of sp³-hybridized carbons (Fsp3) is 0.250. The Morgan fingerprint density at radius 1 is 1.10 bits per heavy atom. The van der Waals surface area contributed by atoms with E-state index >= 15 is 0 Å². The highest BCUT2D eigenvalue weighted by Gasteiger charge is 2.17. The molecule has 1 aliphatic heterocycles. The average Bonchev–Trinajstić information content (AvgIpc) is 2.92. The lowest BCUT2D eigenvalue weighted by Gasteiger charge is -2.12. The fourth-order valence-corrected chi connectivity index (χ4v) is 2.19. The van der Waals surface area contributed by atoms with Crippen LogP contribution in [0.4, 0.5) is 0 Å². The van der Waals surface area contributed by atoms with Crippen molar-refractivity contribution in [2.75, 3.05) is 6.79 Å². The summed E-state index contributed by atoms with van der Waals surface area (Å²) in [4.78, 5) is 0. The summed E-state index contributed by atoms with van der Waals surface area (Å²) in [6.07, 6.45) is 0. The summed E-state index contributed by atoms with van der Waals surface area (Å²) >= 11 is 0. The average molecular weight is 271 g/mol. The van der Waals surface area contributed by atoms with E-state index in [0.29, 0.717) is 18.9 Å². The number of ether oxygens (including phenoxy) is 3. The second-order valence-electron chi connectivity index (χ2n) is 4.73. The quantitative estimate of drug-likeness (QED) is 0.929. The maximum absolute atomic E-state index is 5.90. The zero-order valence-corrected chi connectivity index (χ0v) is 11.4. The van der Waals surface area contributed by atoms with E-state index in [-0.39, 0.29) is 6.79 Å². The lowest BCUT2D eigenvalue weighted by molar-refractivity contribution is 0.173. The molecule has 3 rings (SSSR count). The van der Waals surface area contributed by atoms with Gasteiger partial charge in [-0.25, -0.2) is 0 Å². The van der Waals surface area contributed by atoms with Crippen molar-refractivity contribution >= 4 is 0 Å². The Morgan fingerprint density at radius 3 is 2.60 bits per heavy atom. The number of hydrogen-bond acceptors (Lipinski definition) is 4. The van der Waals surface area contributed by atoms with Crippen molar-refractivity contribution in [2.45, 2.75) is 20.1 Å². The van der Waals surface area contributed by atoms with Crippen LogP contribution in [0, 0.1) is 6.92 Å². The first kappa shape index (κ1) is 12.8. The Morgan fingerprint density at radius 2 is 1.85 bits per heavy atom. The highest BCUT2D eigenvalue weighted by molar-refractivity contribution is 5.51. The second-order valence-corrected chi connectivity index (χ2v) is 4.73. The van der Waals surface area contributed by atoms with E-state index in [2.05, 4.69) is 19.1 Å². The minimum atomic E-state index is 0.251. The van der Waals surface area contributed by atoms with Gasteiger partial charge >= 0.3 is 0 Å². The molecule has 4 heteroatoms. The highest BCUT2D eigenvalue weighted by Crippen LogP contribution is 2.38. The van der Waals surface area contributed by atoms with Gasteiger partial charge in [0.2, 0.25) is 6.79 Å². The molecule has 1 aliphatic rings. The van der Waals surface area contributed by atoms with E-state index in [1.165, 1.54) is 5.56 Å². The van der Waals surface area contributed by atoms with Gasteiger partial charge in [-0.1, -0.05) is 24.3 Å². The Kier molecular flexibility index (Phi) is 3.48. The van der Waals surface area contributed by atoms with Crippen molar-refractivity contribution in [1.29, 1.82) is 0 Å². The van der Waals surface area contributed by atoms with Crippen LogP contribution in [0.5, 0.6) is 17.2 Å². The maximum atomic E-state index is 5.90. The van der Waals surface area contributed by atoms with Crippen LogP contribution in [-0.4, -0.2) is 6.79 Å². The van der Waals surface area contributed by atoms with Crippen LogP contribution in [0.1, 0.15) is 16.7 Å². The van der Waals surface area contributed by atoms with Gasteiger partial charge in [0.25, 0.3) is 0 Å². The van der Waals surface area contributed by atoms with E-state index in [9.17, 15) is 0 Å². The largest absolute Gasteiger partial charge is 0.488 e. The van der Waals surface area contributed by atoms with Gasteiger partial charge in [0.15, 0.2) is 11.5 Å². The lowest BCUT2D eigenvalue weighted by atomic mass is 10.1. The molecular formula is C16H17NO3. The third kappa shape index (κ3) is 2.42. The van der Waals surface area contributed by atoms with Crippen molar-refractivity contribution in [3.63, 3.8) is 0 Å². The first-order chi connectivity index (χ1) is 9.78. The van der Waals surface area contributed by atoms with Gasteiger partial charge in [-0.05, 0) is 24.1 Å². The number of benzene rings is 2. The van der Waals surface area contributed by atoms with Gasteiger partial charge in [-0.2, -0.15) is 0 Å². The Bertz CT molecular complexity index is 625. The topological polar surface area (TPSA) is 53.7 Å². The molecule has 0 unspecified atom stereocenters. The smallest absolute Gasteiger partial charge is 0.231 e. The molecule has 0 fully saturated rings. The van der Waals surface area contributed by atoms with Gasteiger partial charge < -0.3 is 19.9 Å². The third-order valence-electron chi connectivity index (χ3n) is 3.42. The Balaban J connectivity index is 1.82. The second kappa shape index (κ2) is 5.43. The van der Waals surface area contributed by atoms with Crippen LogP contribution >= 0.6 is 0 Å².